The van der Waals surface area contributed by atoms with Gasteiger partial charge in [-0.1, -0.05) is 6.92 Å². The number of nitrogens with two attached hydrogens (primary N) is 1. The van der Waals surface area contributed by atoms with Crippen LogP contribution in [0.25, 0.3) is 0 Å². The van der Waals surface area contributed by atoms with Crippen molar-refractivity contribution >= 4 is 17.2 Å². The average Bonchev–Trinajstić information content (AvgIpc) is 2.80. The molecule has 1 aromatic rings. The Morgan fingerprint density at radius 1 is 1.53 bits per heavy atom. The van der Waals surface area contributed by atoms with E-state index in [-0.39, 0.29) is 5.91 Å². The topological polar surface area (TPSA) is 55.1 Å². The number of hydrogen-bond acceptors (Lipinski definition) is 3. The molecule has 0 aliphatic rings. The molecule has 0 fully saturated rings. The van der Waals surface area contributed by atoms with E-state index in [0.29, 0.717) is 18.9 Å². The van der Waals surface area contributed by atoms with Crippen molar-refractivity contribution < 1.29 is 4.79 Å². The van der Waals surface area contributed by atoms with Crippen molar-refractivity contribution in [2.45, 2.75) is 32.6 Å². The molecule has 0 saturated heterocycles. The third-order valence-electron chi connectivity index (χ3n) is 2.84. The van der Waals surface area contributed by atoms with E-state index in [9.17, 15) is 4.79 Å². The maximum Gasteiger partial charge on any atom is 0.220 e. The zero-order valence-corrected chi connectivity index (χ0v) is 11.3. The number of hydrogen-bond donors (Lipinski definition) is 2. The first-order chi connectivity index (χ1) is 8.22. The molecule has 1 aromatic heterocycles. The van der Waals surface area contributed by atoms with E-state index < -0.39 is 0 Å². The third kappa shape index (κ3) is 6.44. The minimum absolute atomic E-state index is 0.157. The summed E-state index contributed by atoms with van der Waals surface area (Å²) < 4.78 is 0. The average molecular weight is 254 g/mol. The Kier molecular flexibility index (Phi) is 6.89. The van der Waals surface area contributed by atoms with Gasteiger partial charge in [0.2, 0.25) is 5.91 Å². The quantitative estimate of drug-likeness (QED) is 0.747. The van der Waals surface area contributed by atoms with Crippen molar-refractivity contribution in [1.29, 1.82) is 0 Å². The van der Waals surface area contributed by atoms with Gasteiger partial charge in [0.05, 0.1) is 0 Å². The minimum Gasteiger partial charge on any atom is -0.356 e. The van der Waals surface area contributed by atoms with E-state index >= 15 is 0 Å². The van der Waals surface area contributed by atoms with E-state index in [2.05, 4.69) is 29.1 Å². The Labute approximate surface area is 107 Å². The van der Waals surface area contributed by atoms with E-state index in [1.54, 1.807) is 11.3 Å². The largest absolute Gasteiger partial charge is 0.356 e. The smallest absolute Gasteiger partial charge is 0.220 e. The van der Waals surface area contributed by atoms with Crippen LogP contribution in [-0.4, -0.2) is 19.0 Å². The lowest BCUT2D eigenvalue weighted by Gasteiger charge is -2.09. The fourth-order valence-electron chi connectivity index (χ4n) is 1.68. The summed E-state index contributed by atoms with van der Waals surface area (Å²) in [4.78, 5) is 11.5. The number of amides is 1. The highest BCUT2D eigenvalue weighted by Crippen LogP contribution is 2.09. The number of rotatable bonds is 8. The Morgan fingerprint density at radius 3 is 3.00 bits per heavy atom. The predicted molar refractivity (Wildman–Crippen MR) is 73.1 cm³/mol. The van der Waals surface area contributed by atoms with Crippen LogP contribution in [0, 0.1) is 5.92 Å². The molecule has 1 heterocycles. The van der Waals surface area contributed by atoms with Gasteiger partial charge in [0.1, 0.15) is 0 Å². The van der Waals surface area contributed by atoms with Crippen LogP contribution in [0.5, 0.6) is 0 Å². The van der Waals surface area contributed by atoms with Gasteiger partial charge in [-0.25, -0.2) is 0 Å². The Morgan fingerprint density at radius 2 is 2.35 bits per heavy atom. The van der Waals surface area contributed by atoms with Gasteiger partial charge in [0.25, 0.3) is 0 Å². The molecule has 0 bridgehead atoms. The summed E-state index contributed by atoms with van der Waals surface area (Å²) in [6, 6.07) is 2.10. The molecular weight excluding hydrogens is 232 g/mol. The van der Waals surface area contributed by atoms with Crippen LogP contribution in [-0.2, 0) is 11.2 Å². The van der Waals surface area contributed by atoms with Gasteiger partial charge in [-0.15, -0.1) is 0 Å². The van der Waals surface area contributed by atoms with Crippen LogP contribution in [0.2, 0.25) is 0 Å². The highest BCUT2D eigenvalue weighted by molar-refractivity contribution is 7.07. The first-order valence-corrected chi connectivity index (χ1v) is 7.14. The maximum absolute atomic E-state index is 11.5. The van der Waals surface area contributed by atoms with Crippen LogP contribution < -0.4 is 11.1 Å². The molecule has 0 aliphatic carbocycles. The molecule has 3 N–H and O–H groups in total. The van der Waals surface area contributed by atoms with E-state index in [0.717, 1.165) is 25.8 Å². The van der Waals surface area contributed by atoms with Crippen LogP contribution in [0.3, 0.4) is 0 Å². The molecule has 0 aliphatic heterocycles. The molecule has 1 rings (SSSR count). The highest BCUT2D eigenvalue weighted by atomic mass is 32.1. The summed E-state index contributed by atoms with van der Waals surface area (Å²) >= 11 is 1.69. The molecule has 0 saturated carbocycles. The lowest BCUT2D eigenvalue weighted by Crippen LogP contribution is -2.25. The number of carbonyl (C=O) groups is 1. The van der Waals surface area contributed by atoms with Crippen molar-refractivity contribution in [3.63, 3.8) is 0 Å². The molecule has 4 heteroatoms. The Bertz CT molecular complexity index is 311. The third-order valence-corrected chi connectivity index (χ3v) is 3.57. The maximum atomic E-state index is 11.5. The summed E-state index contributed by atoms with van der Waals surface area (Å²) in [5.74, 6) is 0.701. The molecule has 96 valence electrons. The van der Waals surface area contributed by atoms with Gasteiger partial charge in [-0.05, 0) is 54.1 Å². The second-order valence-electron chi connectivity index (χ2n) is 4.45. The lowest BCUT2D eigenvalue weighted by molar-refractivity contribution is -0.121. The second kappa shape index (κ2) is 8.25. The molecule has 0 radical (unpaired) electrons. The van der Waals surface area contributed by atoms with Crippen molar-refractivity contribution in [2.24, 2.45) is 11.7 Å². The van der Waals surface area contributed by atoms with Gasteiger partial charge in [0.15, 0.2) is 0 Å². The Hall–Kier alpha value is -0.870. The van der Waals surface area contributed by atoms with Gasteiger partial charge in [-0.3, -0.25) is 4.79 Å². The normalized spacial score (nSPS) is 12.4. The summed E-state index contributed by atoms with van der Waals surface area (Å²) in [5, 5.41) is 7.13. The fourth-order valence-corrected chi connectivity index (χ4v) is 2.38. The van der Waals surface area contributed by atoms with Gasteiger partial charge >= 0.3 is 0 Å². The van der Waals surface area contributed by atoms with Crippen LogP contribution >= 0.6 is 11.3 Å². The van der Waals surface area contributed by atoms with Gasteiger partial charge in [0, 0.05) is 13.0 Å². The lowest BCUT2D eigenvalue weighted by atomic mass is 10.0. The minimum atomic E-state index is 0.157. The zero-order chi connectivity index (χ0) is 12.5. The molecular formula is C13H22N2OS. The predicted octanol–water partition coefficient (Wildman–Crippen LogP) is 2.17. The van der Waals surface area contributed by atoms with E-state index in [4.69, 9.17) is 5.73 Å². The fraction of sp³-hybridized carbons (Fsp3) is 0.615. The van der Waals surface area contributed by atoms with Crippen LogP contribution in [0.4, 0.5) is 0 Å². The Balaban J connectivity index is 2.05. The molecule has 17 heavy (non-hydrogen) atoms. The summed E-state index contributed by atoms with van der Waals surface area (Å²) in [5.41, 5.74) is 6.77. The standard InChI is InChI=1S/C13H22N2OS/c1-11(4-7-14)2-3-13(16)15-8-5-12-6-9-17-10-12/h6,9-11H,2-5,7-8,14H2,1H3,(H,15,16). The summed E-state index contributed by atoms with van der Waals surface area (Å²) in [7, 11) is 0. The van der Waals surface area contributed by atoms with Crippen molar-refractivity contribution in [3.8, 4) is 0 Å². The summed E-state index contributed by atoms with van der Waals surface area (Å²) in [6.07, 6.45) is 3.47. The SMILES string of the molecule is CC(CCN)CCC(=O)NCCc1ccsc1. The number of thiophene rings is 1. The molecule has 0 spiro atoms. The number of carbonyl (C=O) groups excluding carboxylic acids is 1. The van der Waals surface area contributed by atoms with Crippen molar-refractivity contribution in [1.82, 2.24) is 5.32 Å². The van der Waals surface area contributed by atoms with Gasteiger partial charge in [-0.2, -0.15) is 11.3 Å². The van der Waals surface area contributed by atoms with Crippen LogP contribution in [0.15, 0.2) is 16.8 Å². The molecule has 3 nitrogen and oxygen atoms in total. The van der Waals surface area contributed by atoms with Gasteiger partial charge < -0.3 is 11.1 Å². The first-order valence-electron chi connectivity index (χ1n) is 6.20. The van der Waals surface area contributed by atoms with E-state index in [1.807, 2.05) is 0 Å². The van der Waals surface area contributed by atoms with Crippen molar-refractivity contribution in [2.75, 3.05) is 13.1 Å². The summed E-state index contributed by atoms with van der Waals surface area (Å²) in [6.45, 7) is 3.59. The molecule has 1 amide bonds. The molecule has 1 unspecified atom stereocenters. The first kappa shape index (κ1) is 14.2. The number of nitrogens with one attached hydrogen (secondary N) is 1. The van der Waals surface area contributed by atoms with E-state index in [1.165, 1.54) is 5.56 Å². The second-order valence-corrected chi connectivity index (χ2v) is 5.23. The van der Waals surface area contributed by atoms with Crippen LogP contribution in [0.1, 0.15) is 31.7 Å². The highest BCUT2D eigenvalue weighted by Gasteiger charge is 2.05. The zero-order valence-electron chi connectivity index (χ0n) is 10.4. The molecule has 1 atom stereocenters. The van der Waals surface area contributed by atoms with Crippen molar-refractivity contribution in [3.05, 3.63) is 22.4 Å². The monoisotopic (exact) mass is 254 g/mol. The molecule has 0 aromatic carbocycles.